The summed E-state index contributed by atoms with van der Waals surface area (Å²) in [6, 6.07) is 2.66. The number of hydrogen-bond donors (Lipinski definition) is 1. The quantitative estimate of drug-likeness (QED) is 0.895. The van der Waals surface area contributed by atoms with E-state index in [-0.39, 0.29) is 5.92 Å². The molecule has 2 rings (SSSR count). The van der Waals surface area contributed by atoms with E-state index < -0.39 is 17.2 Å². The standard InChI is InChI=1S/C14H17FO3/c1-8(2)12-10(14(4-5-14)13(16)17)6-9(15)7-11(12)18-3/h6-8H,4-5H2,1-3H3,(H,16,17). The molecule has 4 heteroatoms. The van der Waals surface area contributed by atoms with Gasteiger partial charge in [0.15, 0.2) is 0 Å². The topological polar surface area (TPSA) is 46.5 Å². The Bertz CT molecular complexity index is 490. The van der Waals surface area contributed by atoms with Crippen LogP contribution in [0.15, 0.2) is 12.1 Å². The molecule has 0 radical (unpaired) electrons. The molecule has 1 saturated carbocycles. The Hall–Kier alpha value is -1.58. The molecule has 1 aromatic rings. The number of carboxylic acids is 1. The maximum Gasteiger partial charge on any atom is 0.314 e. The Morgan fingerprint density at radius 1 is 1.44 bits per heavy atom. The molecule has 1 aliphatic carbocycles. The smallest absolute Gasteiger partial charge is 0.314 e. The number of methoxy groups -OCH3 is 1. The van der Waals surface area contributed by atoms with E-state index in [1.165, 1.54) is 19.2 Å². The molecule has 1 N–H and O–H groups in total. The maximum absolute atomic E-state index is 13.6. The summed E-state index contributed by atoms with van der Waals surface area (Å²) < 4.78 is 18.8. The molecular weight excluding hydrogens is 235 g/mol. The van der Waals surface area contributed by atoms with Crippen molar-refractivity contribution in [2.24, 2.45) is 0 Å². The van der Waals surface area contributed by atoms with Gasteiger partial charge in [-0.25, -0.2) is 4.39 Å². The lowest BCUT2D eigenvalue weighted by molar-refractivity contribution is -0.140. The average molecular weight is 252 g/mol. The van der Waals surface area contributed by atoms with E-state index in [9.17, 15) is 14.3 Å². The number of halogens is 1. The summed E-state index contributed by atoms with van der Waals surface area (Å²) in [5, 5.41) is 9.35. The van der Waals surface area contributed by atoms with Gasteiger partial charge in [0, 0.05) is 11.6 Å². The van der Waals surface area contributed by atoms with Crippen molar-refractivity contribution in [1.29, 1.82) is 0 Å². The van der Waals surface area contributed by atoms with E-state index >= 15 is 0 Å². The molecule has 0 heterocycles. The highest BCUT2D eigenvalue weighted by atomic mass is 19.1. The molecular formula is C14H17FO3. The Balaban J connectivity index is 2.66. The number of ether oxygens (including phenoxy) is 1. The van der Waals surface area contributed by atoms with Crippen LogP contribution >= 0.6 is 0 Å². The van der Waals surface area contributed by atoms with Crippen LogP contribution in [0, 0.1) is 5.82 Å². The Morgan fingerprint density at radius 2 is 2.06 bits per heavy atom. The van der Waals surface area contributed by atoms with E-state index in [1.807, 2.05) is 13.8 Å². The predicted molar refractivity (Wildman–Crippen MR) is 65.6 cm³/mol. The van der Waals surface area contributed by atoms with Crippen LogP contribution in [0.4, 0.5) is 4.39 Å². The minimum atomic E-state index is -0.908. The first-order valence-corrected chi connectivity index (χ1v) is 6.03. The first-order chi connectivity index (χ1) is 8.42. The van der Waals surface area contributed by atoms with Crippen LogP contribution in [0.5, 0.6) is 5.75 Å². The molecule has 0 bridgehead atoms. The van der Waals surface area contributed by atoms with Gasteiger partial charge in [-0.2, -0.15) is 0 Å². The minimum Gasteiger partial charge on any atom is -0.496 e. The highest BCUT2D eigenvalue weighted by Crippen LogP contribution is 2.52. The van der Waals surface area contributed by atoms with Crippen LogP contribution in [0.3, 0.4) is 0 Å². The van der Waals surface area contributed by atoms with Gasteiger partial charge < -0.3 is 9.84 Å². The number of aliphatic carboxylic acids is 1. The molecule has 0 atom stereocenters. The van der Waals surface area contributed by atoms with Crippen molar-refractivity contribution in [2.45, 2.75) is 38.0 Å². The predicted octanol–water partition coefficient (Wildman–Crippen LogP) is 3.07. The van der Waals surface area contributed by atoms with Gasteiger partial charge in [0.05, 0.1) is 12.5 Å². The Kier molecular flexibility index (Phi) is 3.05. The van der Waals surface area contributed by atoms with E-state index in [2.05, 4.69) is 0 Å². The second-order valence-electron chi connectivity index (χ2n) is 5.11. The molecule has 98 valence electrons. The summed E-state index contributed by atoms with van der Waals surface area (Å²) in [4.78, 5) is 11.4. The zero-order chi connectivity index (χ0) is 13.5. The lowest BCUT2D eigenvalue weighted by Crippen LogP contribution is -2.22. The van der Waals surface area contributed by atoms with Crippen molar-refractivity contribution in [2.75, 3.05) is 7.11 Å². The second kappa shape index (κ2) is 4.26. The third-order valence-corrected chi connectivity index (χ3v) is 3.58. The zero-order valence-corrected chi connectivity index (χ0v) is 10.8. The molecule has 18 heavy (non-hydrogen) atoms. The van der Waals surface area contributed by atoms with E-state index in [0.717, 1.165) is 5.56 Å². The number of benzene rings is 1. The first-order valence-electron chi connectivity index (χ1n) is 6.03. The van der Waals surface area contributed by atoms with Crippen LogP contribution in [-0.4, -0.2) is 18.2 Å². The van der Waals surface area contributed by atoms with Crippen molar-refractivity contribution < 1.29 is 19.0 Å². The molecule has 0 amide bonds. The molecule has 1 fully saturated rings. The lowest BCUT2D eigenvalue weighted by atomic mass is 9.86. The highest BCUT2D eigenvalue weighted by molar-refractivity contribution is 5.86. The van der Waals surface area contributed by atoms with E-state index in [1.54, 1.807) is 0 Å². The van der Waals surface area contributed by atoms with Gasteiger partial charge in [-0.15, -0.1) is 0 Å². The fourth-order valence-electron chi connectivity index (χ4n) is 2.48. The third kappa shape index (κ3) is 1.85. The Morgan fingerprint density at radius 3 is 2.44 bits per heavy atom. The number of rotatable bonds is 4. The van der Waals surface area contributed by atoms with Crippen LogP contribution in [0.1, 0.15) is 43.7 Å². The van der Waals surface area contributed by atoms with Crippen molar-refractivity contribution >= 4 is 5.97 Å². The molecule has 0 aliphatic heterocycles. The molecule has 0 spiro atoms. The van der Waals surface area contributed by atoms with Gasteiger partial charge in [0.1, 0.15) is 11.6 Å². The summed E-state index contributed by atoms with van der Waals surface area (Å²) in [6.07, 6.45) is 1.13. The van der Waals surface area contributed by atoms with Gasteiger partial charge in [-0.3, -0.25) is 4.79 Å². The van der Waals surface area contributed by atoms with Crippen LogP contribution in [0.2, 0.25) is 0 Å². The summed E-state index contributed by atoms with van der Waals surface area (Å²) in [5.74, 6) is -0.796. The van der Waals surface area contributed by atoms with E-state index in [0.29, 0.717) is 24.2 Å². The van der Waals surface area contributed by atoms with E-state index in [4.69, 9.17) is 4.74 Å². The molecule has 1 aromatic carbocycles. The van der Waals surface area contributed by atoms with Gasteiger partial charge in [-0.1, -0.05) is 13.8 Å². The first kappa shape index (κ1) is 12.9. The van der Waals surface area contributed by atoms with Crippen molar-refractivity contribution in [3.63, 3.8) is 0 Å². The molecule has 0 aromatic heterocycles. The molecule has 1 aliphatic rings. The summed E-state index contributed by atoms with van der Waals surface area (Å²) in [5.41, 5.74) is 0.468. The molecule has 3 nitrogen and oxygen atoms in total. The number of hydrogen-bond acceptors (Lipinski definition) is 2. The van der Waals surface area contributed by atoms with Crippen LogP contribution in [0.25, 0.3) is 0 Å². The van der Waals surface area contributed by atoms with Gasteiger partial charge >= 0.3 is 5.97 Å². The monoisotopic (exact) mass is 252 g/mol. The van der Waals surface area contributed by atoms with Gasteiger partial charge in [-0.05, 0) is 30.4 Å². The third-order valence-electron chi connectivity index (χ3n) is 3.58. The van der Waals surface area contributed by atoms with Crippen LogP contribution < -0.4 is 4.74 Å². The minimum absolute atomic E-state index is 0.0902. The summed E-state index contributed by atoms with van der Waals surface area (Å²) in [7, 11) is 1.48. The summed E-state index contributed by atoms with van der Waals surface area (Å²) >= 11 is 0. The second-order valence-corrected chi connectivity index (χ2v) is 5.11. The largest absolute Gasteiger partial charge is 0.496 e. The maximum atomic E-state index is 13.6. The fourth-order valence-corrected chi connectivity index (χ4v) is 2.48. The molecule has 0 saturated heterocycles. The Labute approximate surface area is 106 Å². The molecule has 0 unspecified atom stereocenters. The van der Waals surface area contributed by atoms with Crippen molar-refractivity contribution in [3.05, 3.63) is 29.1 Å². The highest BCUT2D eigenvalue weighted by Gasteiger charge is 2.53. The fraction of sp³-hybridized carbons (Fsp3) is 0.500. The van der Waals surface area contributed by atoms with Crippen molar-refractivity contribution in [3.8, 4) is 5.75 Å². The van der Waals surface area contributed by atoms with Crippen LogP contribution in [-0.2, 0) is 10.2 Å². The lowest BCUT2D eigenvalue weighted by Gasteiger charge is -2.21. The number of carbonyl (C=O) groups is 1. The SMILES string of the molecule is COc1cc(F)cc(C2(C(=O)O)CC2)c1C(C)C. The zero-order valence-electron chi connectivity index (χ0n) is 10.8. The van der Waals surface area contributed by atoms with Gasteiger partial charge in [0.2, 0.25) is 0 Å². The summed E-state index contributed by atoms with van der Waals surface area (Å²) in [6.45, 7) is 3.91. The van der Waals surface area contributed by atoms with Crippen molar-refractivity contribution in [1.82, 2.24) is 0 Å². The average Bonchev–Trinajstić information content (AvgIpc) is 3.08. The normalized spacial score (nSPS) is 16.7. The van der Waals surface area contributed by atoms with Gasteiger partial charge in [0.25, 0.3) is 0 Å². The number of carboxylic acid groups (broad SMARTS) is 1.